The molecule has 0 aliphatic carbocycles. The number of rotatable bonds is 38. The number of fused-ring (bicyclic) bond motifs is 4. The zero-order chi connectivity index (χ0) is 80.7. The van der Waals surface area contributed by atoms with Gasteiger partial charge in [0.05, 0.1) is 104 Å². The number of ether oxygens (including phenoxy) is 4. The smallest absolute Gasteiger partial charge is 0.0709 e. The highest BCUT2D eigenvalue weighted by atomic mass is 16.5. The highest BCUT2D eigenvalue weighted by Gasteiger charge is 2.19. The van der Waals surface area contributed by atoms with Crippen molar-refractivity contribution < 1.29 is 29.2 Å². The molecular formula is C98H124N12O6. The van der Waals surface area contributed by atoms with Gasteiger partial charge in [0, 0.05) is 178 Å². The third kappa shape index (κ3) is 26.6. The van der Waals surface area contributed by atoms with Crippen molar-refractivity contribution in [3.8, 4) is 45.0 Å². The van der Waals surface area contributed by atoms with E-state index in [1.165, 1.54) is 27.7 Å². The van der Waals surface area contributed by atoms with E-state index in [2.05, 4.69) is 275 Å². The van der Waals surface area contributed by atoms with Gasteiger partial charge in [-0.05, 0) is 136 Å². The lowest BCUT2D eigenvalue weighted by Crippen LogP contribution is -2.45. The zero-order valence-electron chi connectivity index (χ0n) is 69.6. The second kappa shape index (κ2) is 48.0. The van der Waals surface area contributed by atoms with Crippen molar-refractivity contribution in [3.05, 3.63) is 243 Å². The highest BCUT2D eigenvalue weighted by molar-refractivity contribution is 5.85. The van der Waals surface area contributed by atoms with Crippen molar-refractivity contribution in [1.82, 2.24) is 39.5 Å². The molecule has 4 aromatic heterocycles. The van der Waals surface area contributed by atoms with Crippen molar-refractivity contribution in [3.63, 3.8) is 0 Å². The standard InChI is InChI=1S/C27H34N4O2.C27H38N4.C24H30N2O3.C20H22N2O/c1-2-4-26-23(3-1)7-10-27(28-26)24-5-8-25(9-6-24)31(13-11-29-15-19-32-20-16-29)14-12-30-17-21-33-22-18-30;1-5-29(6-2)19-21-31(22-20-30(7-3)8-4)25-16-13-24(14-17-25)27-18-15-23-11-9-10-12-26(23)28-27;1-2-16-28-17-13-26(14-18-29-19-15-27)22-10-7-21(8-11-22)24-12-9-20-5-3-4-6-23(20)25-24;1-2-13-22(14-15-23)18-10-7-17(8-11-18)20-12-9-16-5-3-4-6-19(16)21-20/h1-10H,11-22H2;9-18H,5-8,19-22H2,1-4H3;3-12,27H,2,13-19H2,1H3;3-12,23H,2,13-15H2,1H3. The maximum Gasteiger partial charge on any atom is 0.0709 e. The largest absolute Gasteiger partial charge is 0.395 e. The Morgan fingerprint density at radius 2 is 0.595 bits per heavy atom. The molecule has 0 atom stereocenters. The van der Waals surface area contributed by atoms with Crippen LogP contribution in [-0.2, 0) is 18.9 Å². The minimum atomic E-state index is 0.0487. The van der Waals surface area contributed by atoms with Crippen LogP contribution in [0.5, 0.6) is 0 Å². The minimum Gasteiger partial charge on any atom is -0.395 e. The van der Waals surface area contributed by atoms with Gasteiger partial charge in [-0.25, -0.2) is 19.9 Å². The highest BCUT2D eigenvalue weighted by Crippen LogP contribution is 2.30. The van der Waals surface area contributed by atoms with Gasteiger partial charge in [-0.2, -0.15) is 0 Å². The average Bonchev–Trinajstić information content (AvgIpc) is 0.830. The van der Waals surface area contributed by atoms with E-state index in [9.17, 15) is 5.11 Å². The average molecular weight is 1570 g/mol. The Balaban J connectivity index is 0.000000153. The number of anilines is 4. The van der Waals surface area contributed by atoms with E-state index in [0.717, 1.165) is 254 Å². The number of likely N-dealkylation sites (N-methyl/N-ethyl adjacent to an activating group) is 2. The fraction of sp³-hybridized carbons (Fsp3) is 0.388. The number of aromatic nitrogens is 4. The summed E-state index contributed by atoms with van der Waals surface area (Å²) in [6, 6.07) is 84.6. The van der Waals surface area contributed by atoms with Crippen molar-refractivity contribution in [1.29, 1.82) is 0 Å². The van der Waals surface area contributed by atoms with Crippen LogP contribution in [0.3, 0.4) is 0 Å². The molecule has 2 aliphatic heterocycles. The Morgan fingerprint density at radius 1 is 0.293 bits per heavy atom. The summed E-state index contributed by atoms with van der Waals surface area (Å²) in [6.45, 7) is 39.5. The predicted octanol–water partition coefficient (Wildman–Crippen LogP) is 17.0. The number of nitrogens with zero attached hydrogens (tertiary/aromatic N) is 12. The summed E-state index contributed by atoms with van der Waals surface area (Å²) in [5.41, 5.74) is 17.5. The molecular weight excluding hydrogens is 1440 g/mol. The van der Waals surface area contributed by atoms with Gasteiger partial charge >= 0.3 is 0 Å². The lowest BCUT2D eigenvalue weighted by molar-refractivity contribution is 0.0368. The summed E-state index contributed by atoms with van der Waals surface area (Å²) in [7, 11) is 0. The molecule has 0 saturated carbocycles. The Kier molecular flexibility index (Phi) is 36.0. The van der Waals surface area contributed by atoms with Crippen molar-refractivity contribution in [2.24, 2.45) is 0 Å². The third-order valence-corrected chi connectivity index (χ3v) is 21.7. The Hall–Kier alpha value is -9.80. The maximum atomic E-state index is 9.21. The molecule has 0 radical (unpaired) electrons. The van der Waals surface area contributed by atoms with Gasteiger partial charge in [0.15, 0.2) is 0 Å². The fourth-order valence-electron chi connectivity index (χ4n) is 14.7. The lowest BCUT2D eigenvalue weighted by atomic mass is 10.1. The second-order valence-electron chi connectivity index (χ2n) is 29.3. The summed E-state index contributed by atoms with van der Waals surface area (Å²) in [5.74, 6) is 0. The molecule has 0 spiro atoms. The monoisotopic (exact) mass is 1560 g/mol. The molecule has 18 nitrogen and oxygen atoms in total. The minimum absolute atomic E-state index is 0.0487. The van der Waals surface area contributed by atoms with E-state index >= 15 is 0 Å². The van der Waals surface area contributed by atoms with Crippen molar-refractivity contribution in [2.75, 3.05) is 217 Å². The van der Waals surface area contributed by atoms with E-state index in [4.69, 9.17) is 44.0 Å². The van der Waals surface area contributed by atoms with Gasteiger partial charge in [-0.15, -0.1) is 0 Å². The molecule has 612 valence electrons. The van der Waals surface area contributed by atoms with Gasteiger partial charge in [0.25, 0.3) is 0 Å². The van der Waals surface area contributed by atoms with E-state index in [0.29, 0.717) is 26.4 Å². The van der Waals surface area contributed by atoms with Crippen LogP contribution < -0.4 is 19.6 Å². The normalized spacial score (nSPS) is 13.1. The second-order valence-corrected chi connectivity index (χ2v) is 29.3. The molecule has 8 aromatic carbocycles. The van der Waals surface area contributed by atoms with Gasteiger partial charge in [-0.1, -0.05) is 187 Å². The third-order valence-electron chi connectivity index (χ3n) is 21.7. The van der Waals surface area contributed by atoms with Gasteiger partial charge in [-0.3, -0.25) is 9.80 Å². The fourth-order valence-corrected chi connectivity index (χ4v) is 14.7. The first-order valence-corrected chi connectivity index (χ1v) is 42.4. The summed E-state index contributed by atoms with van der Waals surface area (Å²) >= 11 is 0. The quantitative estimate of drug-likeness (QED) is 0.0352. The van der Waals surface area contributed by atoms with Gasteiger partial charge < -0.3 is 58.6 Å². The predicted molar refractivity (Wildman–Crippen MR) is 484 cm³/mol. The van der Waals surface area contributed by atoms with Crippen LogP contribution in [0, 0.1) is 0 Å². The molecule has 12 aromatic rings. The number of hydrogen-bond donors (Lipinski definition) is 2. The summed E-state index contributed by atoms with van der Waals surface area (Å²) in [6.07, 6.45) is 2.08. The van der Waals surface area contributed by atoms with E-state index in [-0.39, 0.29) is 13.2 Å². The van der Waals surface area contributed by atoms with Gasteiger partial charge in [0.2, 0.25) is 0 Å². The summed E-state index contributed by atoms with van der Waals surface area (Å²) < 4.78 is 22.2. The topological polar surface area (TPSA) is 155 Å². The Labute approximate surface area is 689 Å². The molecule has 2 N–H and O–H groups in total. The first kappa shape index (κ1) is 87.0. The maximum absolute atomic E-state index is 9.21. The van der Waals surface area contributed by atoms with Crippen LogP contribution in [0.25, 0.3) is 88.6 Å². The van der Waals surface area contributed by atoms with Crippen LogP contribution in [0.15, 0.2) is 243 Å². The molecule has 0 amide bonds. The first-order valence-electron chi connectivity index (χ1n) is 42.4. The molecule has 116 heavy (non-hydrogen) atoms. The van der Waals surface area contributed by atoms with Crippen LogP contribution in [-0.4, -0.2) is 247 Å². The number of aliphatic hydroxyl groups is 2. The molecule has 14 rings (SSSR count). The SMILES string of the molecule is CCCN(CCO)c1ccc(-c2ccc3ccccc3n2)cc1.CCCOCCN(CCOCCO)c1ccc(-c2ccc3ccccc3n2)cc1.CCN(CC)CCN(CCN(CC)CC)c1ccc(-c2ccc3ccccc3n2)cc1.c1ccc2nc(-c3ccc(N(CCN4CCOCC4)CCN4CCOCC4)cc3)ccc2c1. The number of hydrogen-bond acceptors (Lipinski definition) is 18. The van der Waals surface area contributed by atoms with Crippen LogP contribution in [0.2, 0.25) is 0 Å². The number of aliphatic hydroxyl groups excluding tert-OH is 2. The molecule has 0 unspecified atom stereocenters. The van der Waals surface area contributed by atoms with E-state index in [1.54, 1.807) is 0 Å². The van der Waals surface area contributed by atoms with E-state index in [1.807, 2.05) is 48.5 Å². The number of benzene rings is 8. The number of morpholine rings is 2. The van der Waals surface area contributed by atoms with Gasteiger partial charge in [0.1, 0.15) is 0 Å². The molecule has 2 fully saturated rings. The van der Waals surface area contributed by atoms with E-state index < -0.39 is 0 Å². The Morgan fingerprint density at radius 3 is 0.897 bits per heavy atom. The molecule has 2 saturated heterocycles. The van der Waals surface area contributed by atoms with Crippen LogP contribution in [0.1, 0.15) is 54.4 Å². The lowest BCUT2D eigenvalue weighted by Gasteiger charge is -2.33. The van der Waals surface area contributed by atoms with Crippen molar-refractivity contribution >= 4 is 66.4 Å². The number of para-hydroxylation sites is 4. The first-order chi connectivity index (χ1) is 57.2. The molecule has 6 heterocycles. The van der Waals surface area contributed by atoms with Crippen LogP contribution in [0.4, 0.5) is 22.7 Å². The molecule has 18 heteroatoms. The Bertz CT molecular complexity index is 4710. The van der Waals surface area contributed by atoms with Crippen molar-refractivity contribution in [2.45, 2.75) is 54.4 Å². The molecule has 2 aliphatic rings. The zero-order valence-corrected chi connectivity index (χ0v) is 69.6. The molecule has 0 bridgehead atoms. The number of pyridine rings is 4. The summed E-state index contributed by atoms with van der Waals surface area (Å²) in [5, 5.41) is 22.8. The van der Waals surface area contributed by atoms with Crippen LogP contribution >= 0.6 is 0 Å². The summed E-state index contributed by atoms with van der Waals surface area (Å²) in [4.78, 5) is 38.8.